The number of nitrogen functional groups attached to an aromatic ring is 1. The molecule has 0 amide bonds. The normalized spacial score (nSPS) is 13.9. The van der Waals surface area contributed by atoms with E-state index in [1.165, 1.54) is 11.1 Å². The van der Waals surface area contributed by atoms with Crippen LogP contribution in [0.1, 0.15) is 16.8 Å². The van der Waals surface area contributed by atoms with Crippen molar-refractivity contribution in [3.05, 3.63) is 90.0 Å². The SMILES string of the molecule is Nc1ccc(-c2ncc3c(n2)CCN(Cc2cnn(-c4ccccc4)c2)C3)cc1. The maximum absolute atomic E-state index is 5.78. The minimum Gasteiger partial charge on any atom is -0.399 e. The monoisotopic (exact) mass is 382 g/mol. The lowest BCUT2D eigenvalue weighted by atomic mass is 10.1. The van der Waals surface area contributed by atoms with E-state index < -0.39 is 0 Å². The Labute approximate surface area is 169 Å². The Balaban J connectivity index is 1.29. The van der Waals surface area contributed by atoms with Gasteiger partial charge in [-0.3, -0.25) is 4.90 Å². The van der Waals surface area contributed by atoms with Crippen LogP contribution in [0.15, 0.2) is 73.2 Å². The van der Waals surface area contributed by atoms with E-state index in [1.54, 1.807) is 0 Å². The van der Waals surface area contributed by atoms with Gasteiger partial charge in [-0.05, 0) is 36.4 Å². The second-order valence-electron chi connectivity index (χ2n) is 7.38. The van der Waals surface area contributed by atoms with E-state index in [0.29, 0.717) is 0 Å². The molecule has 0 atom stereocenters. The zero-order valence-electron chi connectivity index (χ0n) is 16.1. The molecular weight excluding hydrogens is 360 g/mol. The van der Waals surface area contributed by atoms with Crippen LogP contribution in [-0.2, 0) is 19.5 Å². The van der Waals surface area contributed by atoms with E-state index in [1.807, 2.05) is 59.5 Å². The van der Waals surface area contributed by atoms with Gasteiger partial charge >= 0.3 is 0 Å². The molecule has 6 heteroatoms. The van der Waals surface area contributed by atoms with Crippen LogP contribution in [0.2, 0.25) is 0 Å². The molecule has 144 valence electrons. The molecule has 0 radical (unpaired) electrons. The minimum absolute atomic E-state index is 0.748. The summed E-state index contributed by atoms with van der Waals surface area (Å²) in [6, 6.07) is 17.9. The van der Waals surface area contributed by atoms with Crippen LogP contribution >= 0.6 is 0 Å². The summed E-state index contributed by atoms with van der Waals surface area (Å²) in [5.74, 6) is 0.765. The van der Waals surface area contributed by atoms with Gasteiger partial charge in [0.15, 0.2) is 5.82 Å². The molecule has 2 N–H and O–H groups in total. The van der Waals surface area contributed by atoms with Crippen LogP contribution in [0, 0.1) is 0 Å². The highest BCUT2D eigenvalue weighted by molar-refractivity contribution is 5.58. The first-order chi connectivity index (χ1) is 14.2. The predicted octanol–water partition coefficient (Wildman–Crippen LogP) is 3.47. The smallest absolute Gasteiger partial charge is 0.159 e. The summed E-state index contributed by atoms with van der Waals surface area (Å²) in [6.45, 7) is 2.70. The number of rotatable bonds is 4. The number of nitrogens with two attached hydrogens (primary N) is 1. The highest BCUT2D eigenvalue weighted by Crippen LogP contribution is 2.23. The molecule has 0 aliphatic carbocycles. The molecule has 0 unspecified atom stereocenters. The van der Waals surface area contributed by atoms with Crippen LogP contribution in [0.25, 0.3) is 17.1 Å². The van der Waals surface area contributed by atoms with E-state index in [9.17, 15) is 0 Å². The zero-order valence-corrected chi connectivity index (χ0v) is 16.1. The lowest BCUT2D eigenvalue weighted by Gasteiger charge is -2.27. The summed E-state index contributed by atoms with van der Waals surface area (Å²) in [4.78, 5) is 11.8. The molecule has 0 saturated heterocycles. The first-order valence-electron chi connectivity index (χ1n) is 9.77. The molecule has 1 aliphatic rings. The number of aromatic nitrogens is 4. The number of fused-ring (bicyclic) bond motifs is 1. The molecule has 2 aromatic heterocycles. The number of para-hydroxylation sites is 1. The standard InChI is InChI=1S/C23H22N6/c24-20-8-6-18(7-9-20)23-25-13-19-16-28(11-10-22(19)27-23)14-17-12-26-29(15-17)21-4-2-1-3-5-21/h1-9,12-13,15H,10-11,14,16,24H2. The van der Waals surface area contributed by atoms with Crippen molar-refractivity contribution in [3.8, 4) is 17.1 Å². The zero-order chi connectivity index (χ0) is 19.6. The van der Waals surface area contributed by atoms with E-state index >= 15 is 0 Å². The van der Waals surface area contributed by atoms with Gasteiger partial charge in [-0.1, -0.05) is 18.2 Å². The van der Waals surface area contributed by atoms with Crippen molar-refractivity contribution in [1.29, 1.82) is 0 Å². The summed E-state index contributed by atoms with van der Waals surface area (Å²) >= 11 is 0. The van der Waals surface area contributed by atoms with Gasteiger partial charge in [0, 0.05) is 60.8 Å². The molecule has 0 spiro atoms. The number of hydrogen-bond acceptors (Lipinski definition) is 5. The highest BCUT2D eigenvalue weighted by atomic mass is 15.3. The predicted molar refractivity (Wildman–Crippen MR) is 113 cm³/mol. The van der Waals surface area contributed by atoms with E-state index in [-0.39, 0.29) is 0 Å². The van der Waals surface area contributed by atoms with Crippen molar-refractivity contribution in [2.45, 2.75) is 19.5 Å². The van der Waals surface area contributed by atoms with Gasteiger partial charge in [-0.25, -0.2) is 14.6 Å². The number of benzene rings is 2. The van der Waals surface area contributed by atoms with Crippen molar-refractivity contribution in [2.24, 2.45) is 0 Å². The van der Waals surface area contributed by atoms with Gasteiger partial charge < -0.3 is 5.73 Å². The molecule has 0 fully saturated rings. The molecule has 29 heavy (non-hydrogen) atoms. The molecule has 6 nitrogen and oxygen atoms in total. The molecule has 5 rings (SSSR count). The number of hydrogen-bond donors (Lipinski definition) is 1. The summed E-state index contributed by atoms with van der Waals surface area (Å²) in [6.07, 6.45) is 6.94. The van der Waals surface area contributed by atoms with Crippen molar-refractivity contribution >= 4 is 5.69 Å². The van der Waals surface area contributed by atoms with Crippen molar-refractivity contribution < 1.29 is 0 Å². The third kappa shape index (κ3) is 3.75. The molecular formula is C23H22N6. The van der Waals surface area contributed by atoms with Gasteiger partial charge in [-0.15, -0.1) is 0 Å². The molecule has 4 aromatic rings. The Hall–Kier alpha value is -3.51. The van der Waals surface area contributed by atoms with Gasteiger partial charge in [0.25, 0.3) is 0 Å². The quantitative estimate of drug-likeness (QED) is 0.547. The molecule has 3 heterocycles. The average Bonchev–Trinajstić information content (AvgIpc) is 3.23. The fraction of sp³-hybridized carbons (Fsp3) is 0.174. The highest BCUT2D eigenvalue weighted by Gasteiger charge is 2.19. The third-order valence-corrected chi connectivity index (χ3v) is 5.24. The second-order valence-corrected chi connectivity index (χ2v) is 7.38. The first-order valence-corrected chi connectivity index (χ1v) is 9.77. The topological polar surface area (TPSA) is 72.9 Å². The van der Waals surface area contributed by atoms with E-state index in [2.05, 4.69) is 33.3 Å². The Morgan fingerprint density at radius 3 is 2.62 bits per heavy atom. The number of anilines is 1. The van der Waals surface area contributed by atoms with Crippen molar-refractivity contribution in [3.63, 3.8) is 0 Å². The Kier molecular flexibility index (Phi) is 4.54. The minimum atomic E-state index is 0.748. The maximum atomic E-state index is 5.78. The fourth-order valence-electron chi connectivity index (χ4n) is 3.70. The fourth-order valence-corrected chi connectivity index (χ4v) is 3.70. The summed E-state index contributed by atoms with van der Waals surface area (Å²) in [5, 5.41) is 4.50. The third-order valence-electron chi connectivity index (χ3n) is 5.24. The van der Waals surface area contributed by atoms with Crippen LogP contribution < -0.4 is 5.73 Å². The van der Waals surface area contributed by atoms with Gasteiger partial charge in [-0.2, -0.15) is 5.10 Å². The Morgan fingerprint density at radius 1 is 0.966 bits per heavy atom. The van der Waals surface area contributed by atoms with E-state index in [4.69, 9.17) is 10.7 Å². The van der Waals surface area contributed by atoms with Gasteiger partial charge in [0.05, 0.1) is 17.6 Å². The van der Waals surface area contributed by atoms with Crippen LogP contribution in [0.4, 0.5) is 5.69 Å². The number of nitrogens with zero attached hydrogens (tertiary/aromatic N) is 5. The molecule has 0 saturated carbocycles. The Morgan fingerprint density at radius 2 is 1.79 bits per heavy atom. The molecule has 1 aliphatic heterocycles. The Bertz CT molecular complexity index is 1120. The van der Waals surface area contributed by atoms with Gasteiger partial charge in [0.1, 0.15) is 0 Å². The van der Waals surface area contributed by atoms with Gasteiger partial charge in [0.2, 0.25) is 0 Å². The average molecular weight is 382 g/mol. The van der Waals surface area contributed by atoms with Crippen LogP contribution in [0.3, 0.4) is 0 Å². The van der Waals surface area contributed by atoms with Crippen molar-refractivity contribution in [1.82, 2.24) is 24.6 Å². The molecule has 0 bridgehead atoms. The van der Waals surface area contributed by atoms with Crippen molar-refractivity contribution in [2.75, 3.05) is 12.3 Å². The summed E-state index contributed by atoms with van der Waals surface area (Å²) in [7, 11) is 0. The largest absolute Gasteiger partial charge is 0.399 e. The summed E-state index contributed by atoms with van der Waals surface area (Å²) < 4.78 is 1.93. The molecule has 2 aromatic carbocycles. The van der Waals surface area contributed by atoms with E-state index in [0.717, 1.165) is 54.5 Å². The lowest BCUT2D eigenvalue weighted by Crippen LogP contribution is -2.30. The summed E-state index contributed by atoms with van der Waals surface area (Å²) in [5.41, 5.74) is 12.1. The van der Waals surface area contributed by atoms with Crippen LogP contribution in [-0.4, -0.2) is 31.2 Å². The first kappa shape index (κ1) is 17.6. The second kappa shape index (κ2) is 7.48. The maximum Gasteiger partial charge on any atom is 0.159 e. The van der Waals surface area contributed by atoms with Crippen LogP contribution in [0.5, 0.6) is 0 Å². The lowest BCUT2D eigenvalue weighted by molar-refractivity contribution is 0.243.